The molecule has 0 amide bonds. The van der Waals surface area contributed by atoms with Crippen LogP contribution in [0.2, 0.25) is 0 Å². The van der Waals surface area contributed by atoms with E-state index < -0.39 is 5.97 Å². The molecule has 1 atom stereocenters. The molecule has 1 aromatic rings. The molecule has 2 N–H and O–H groups in total. The molecule has 5 heteroatoms. The lowest BCUT2D eigenvalue weighted by molar-refractivity contribution is -0.137. The first kappa shape index (κ1) is 12.3. The minimum absolute atomic E-state index is 0.0932. The fourth-order valence-corrected chi connectivity index (χ4v) is 2.70. The average molecular weight is 263 g/mol. The maximum atomic E-state index is 10.7. The first-order valence-electron chi connectivity index (χ1n) is 6.61. The number of benzene rings is 1. The number of carbonyl (C=O) groups is 1. The zero-order chi connectivity index (χ0) is 13.2. The van der Waals surface area contributed by atoms with Crippen molar-refractivity contribution in [3.05, 3.63) is 23.3 Å². The van der Waals surface area contributed by atoms with E-state index in [-0.39, 0.29) is 12.5 Å². The van der Waals surface area contributed by atoms with Gasteiger partial charge < -0.3 is 19.9 Å². The molecule has 0 radical (unpaired) electrons. The predicted molar refractivity (Wildman–Crippen MR) is 68.7 cm³/mol. The number of aliphatic carboxylic acids is 1. The SMILES string of the molecule is O=C(O)CCC1NCCc2cc3c(cc21)OCCO3. The van der Waals surface area contributed by atoms with E-state index in [0.29, 0.717) is 19.6 Å². The molecule has 0 fully saturated rings. The van der Waals surface area contributed by atoms with Gasteiger partial charge in [0.25, 0.3) is 0 Å². The van der Waals surface area contributed by atoms with Crippen molar-refractivity contribution < 1.29 is 19.4 Å². The highest BCUT2D eigenvalue weighted by Gasteiger charge is 2.24. The van der Waals surface area contributed by atoms with Crippen LogP contribution in [0.3, 0.4) is 0 Å². The third kappa shape index (κ3) is 2.51. The van der Waals surface area contributed by atoms with Crippen molar-refractivity contribution in [2.45, 2.75) is 25.3 Å². The zero-order valence-electron chi connectivity index (χ0n) is 10.6. The smallest absolute Gasteiger partial charge is 0.303 e. The molecule has 0 bridgehead atoms. The van der Waals surface area contributed by atoms with Crippen molar-refractivity contribution in [1.82, 2.24) is 5.32 Å². The van der Waals surface area contributed by atoms with Crippen LogP contribution in [0.4, 0.5) is 0 Å². The van der Waals surface area contributed by atoms with E-state index in [9.17, 15) is 4.79 Å². The topological polar surface area (TPSA) is 67.8 Å². The van der Waals surface area contributed by atoms with Gasteiger partial charge in [-0.05, 0) is 42.6 Å². The second-order valence-electron chi connectivity index (χ2n) is 4.88. The van der Waals surface area contributed by atoms with Gasteiger partial charge in [0.1, 0.15) is 13.2 Å². The lowest BCUT2D eigenvalue weighted by atomic mass is 9.91. The lowest BCUT2D eigenvalue weighted by Crippen LogP contribution is -2.30. The maximum Gasteiger partial charge on any atom is 0.303 e. The second-order valence-corrected chi connectivity index (χ2v) is 4.88. The molecule has 19 heavy (non-hydrogen) atoms. The Bertz CT molecular complexity index is 500. The van der Waals surface area contributed by atoms with Crippen molar-refractivity contribution >= 4 is 5.97 Å². The Labute approximate surface area is 111 Å². The average Bonchev–Trinajstić information content (AvgIpc) is 2.42. The minimum Gasteiger partial charge on any atom is -0.486 e. The van der Waals surface area contributed by atoms with E-state index in [0.717, 1.165) is 30.0 Å². The maximum absolute atomic E-state index is 10.7. The van der Waals surface area contributed by atoms with Crippen LogP contribution >= 0.6 is 0 Å². The minimum atomic E-state index is -0.758. The van der Waals surface area contributed by atoms with Gasteiger partial charge in [0, 0.05) is 12.5 Å². The van der Waals surface area contributed by atoms with E-state index in [1.165, 1.54) is 5.56 Å². The van der Waals surface area contributed by atoms with Crippen molar-refractivity contribution in [3.8, 4) is 11.5 Å². The summed E-state index contributed by atoms with van der Waals surface area (Å²) in [4.78, 5) is 10.7. The largest absolute Gasteiger partial charge is 0.486 e. The predicted octanol–water partition coefficient (Wildman–Crippen LogP) is 1.51. The van der Waals surface area contributed by atoms with E-state index in [1.54, 1.807) is 0 Å². The quantitative estimate of drug-likeness (QED) is 0.865. The van der Waals surface area contributed by atoms with Crippen LogP contribution in [-0.2, 0) is 11.2 Å². The summed E-state index contributed by atoms with van der Waals surface area (Å²) < 4.78 is 11.2. The highest BCUT2D eigenvalue weighted by molar-refractivity contribution is 5.66. The standard InChI is InChI=1S/C14H17NO4/c16-14(17)2-1-11-10-8-13-12(18-5-6-19-13)7-9(10)3-4-15-11/h7-8,11,15H,1-6H2,(H,16,17). The molecule has 0 saturated carbocycles. The van der Waals surface area contributed by atoms with Crippen molar-refractivity contribution in [1.29, 1.82) is 0 Å². The van der Waals surface area contributed by atoms with Crippen LogP contribution in [-0.4, -0.2) is 30.8 Å². The van der Waals surface area contributed by atoms with Gasteiger partial charge in [-0.15, -0.1) is 0 Å². The molecule has 102 valence electrons. The van der Waals surface area contributed by atoms with Gasteiger partial charge >= 0.3 is 5.97 Å². The summed E-state index contributed by atoms with van der Waals surface area (Å²) in [5.41, 5.74) is 2.38. The molecule has 2 aliphatic heterocycles. The Kier molecular flexibility index (Phi) is 3.29. The molecular formula is C14H17NO4. The first-order chi connectivity index (χ1) is 9.24. The molecule has 0 spiro atoms. The van der Waals surface area contributed by atoms with Gasteiger partial charge in [-0.1, -0.05) is 0 Å². The van der Waals surface area contributed by atoms with E-state index >= 15 is 0 Å². The van der Waals surface area contributed by atoms with Crippen LogP contribution < -0.4 is 14.8 Å². The summed E-state index contributed by atoms with van der Waals surface area (Å²) in [5, 5.41) is 12.2. The monoisotopic (exact) mass is 263 g/mol. The van der Waals surface area contributed by atoms with Crippen LogP contribution in [0.15, 0.2) is 12.1 Å². The Hall–Kier alpha value is -1.75. The van der Waals surface area contributed by atoms with E-state index in [2.05, 4.69) is 5.32 Å². The Morgan fingerprint density at radius 1 is 1.32 bits per heavy atom. The summed E-state index contributed by atoms with van der Waals surface area (Å²) >= 11 is 0. The molecular weight excluding hydrogens is 246 g/mol. The van der Waals surface area contributed by atoms with Crippen LogP contribution in [0.1, 0.15) is 30.0 Å². The number of ether oxygens (including phenoxy) is 2. The first-order valence-corrected chi connectivity index (χ1v) is 6.61. The molecule has 0 aromatic heterocycles. The fraction of sp³-hybridized carbons (Fsp3) is 0.500. The van der Waals surface area contributed by atoms with Gasteiger partial charge in [-0.2, -0.15) is 0 Å². The molecule has 1 unspecified atom stereocenters. The number of hydrogen-bond donors (Lipinski definition) is 2. The molecule has 2 heterocycles. The van der Waals surface area contributed by atoms with Crippen LogP contribution in [0.5, 0.6) is 11.5 Å². The molecule has 0 saturated heterocycles. The summed E-state index contributed by atoms with van der Waals surface area (Å²) in [5.74, 6) is 0.823. The number of rotatable bonds is 3. The summed E-state index contributed by atoms with van der Waals surface area (Å²) in [6.07, 6.45) is 1.71. The lowest BCUT2D eigenvalue weighted by Gasteiger charge is -2.29. The number of hydrogen-bond acceptors (Lipinski definition) is 4. The summed E-state index contributed by atoms with van der Waals surface area (Å²) in [6.45, 7) is 2.03. The third-order valence-electron chi connectivity index (χ3n) is 3.61. The molecule has 0 aliphatic carbocycles. The molecule has 2 aliphatic rings. The third-order valence-corrected chi connectivity index (χ3v) is 3.61. The number of carboxylic acids is 1. The van der Waals surface area contributed by atoms with Crippen molar-refractivity contribution in [2.24, 2.45) is 0 Å². The number of fused-ring (bicyclic) bond motifs is 2. The van der Waals surface area contributed by atoms with E-state index in [4.69, 9.17) is 14.6 Å². The Morgan fingerprint density at radius 2 is 2.05 bits per heavy atom. The Balaban J connectivity index is 1.88. The summed E-state index contributed by atoms with van der Waals surface area (Å²) in [7, 11) is 0. The van der Waals surface area contributed by atoms with E-state index in [1.807, 2.05) is 12.1 Å². The fourth-order valence-electron chi connectivity index (χ4n) is 2.70. The van der Waals surface area contributed by atoms with Gasteiger partial charge in [0.05, 0.1) is 0 Å². The van der Waals surface area contributed by atoms with Gasteiger partial charge in [-0.25, -0.2) is 0 Å². The second kappa shape index (κ2) is 5.09. The molecule has 1 aromatic carbocycles. The van der Waals surface area contributed by atoms with Crippen LogP contribution in [0, 0.1) is 0 Å². The van der Waals surface area contributed by atoms with Crippen molar-refractivity contribution in [2.75, 3.05) is 19.8 Å². The normalized spacial score (nSPS) is 20.7. The summed E-state index contributed by atoms with van der Waals surface area (Å²) in [6, 6.07) is 4.14. The Morgan fingerprint density at radius 3 is 2.79 bits per heavy atom. The van der Waals surface area contributed by atoms with Crippen molar-refractivity contribution in [3.63, 3.8) is 0 Å². The van der Waals surface area contributed by atoms with Gasteiger partial charge in [0.15, 0.2) is 11.5 Å². The van der Waals surface area contributed by atoms with Gasteiger partial charge in [0.2, 0.25) is 0 Å². The highest BCUT2D eigenvalue weighted by atomic mass is 16.6. The number of nitrogens with one attached hydrogen (secondary N) is 1. The zero-order valence-corrected chi connectivity index (χ0v) is 10.6. The number of carboxylic acid groups (broad SMARTS) is 1. The highest BCUT2D eigenvalue weighted by Crippen LogP contribution is 2.38. The van der Waals surface area contributed by atoms with Crippen LogP contribution in [0.25, 0.3) is 0 Å². The van der Waals surface area contributed by atoms with Gasteiger partial charge in [-0.3, -0.25) is 4.79 Å². The molecule has 5 nitrogen and oxygen atoms in total. The molecule has 3 rings (SSSR count).